The summed E-state index contributed by atoms with van der Waals surface area (Å²) >= 11 is 0. The Labute approximate surface area is 202 Å². The number of azo groups is 1. The fourth-order valence-corrected chi connectivity index (χ4v) is 5.12. The highest BCUT2D eigenvalue weighted by Gasteiger charge is 2.24. The van der Waals surface area contributed by atoms with Crippen LogP contribution in [0.2, 0.25) is 0 Å². The van der Waals surface area contributed by atoms with Crippen LogP contribution < -0.4 is 0 Å². The van der Waals surface area contributed by atoms with Crippen molar-refractivity contribution >= 4 is 0 Å². The Bertz CT molecular complexity index is 427. The topological polar surface area (TPSA) is 34.0 Å². The molecule has 3 nitrogen and oxygen atoms in total. The van der Waals surface area contributed by atoms with E-state index in [1.54, 1.807) is 7.11 Å². The molecule has 0 heterocycles. The highest BCUT2D eigenvalue weighted by Crippen LogP contribution is 2.27. The van der Waals surface area contributed by atoms with Crippen LogP contribution in [0.1, 0.15) is 162 Å². The lowest BCUT2D eigenvalue weighted by Gasteiger charge is -2.25. The maximum absolute atomic E-state index is 5.81. The van der Waals surface area contributed by atoms with E-state index in [9.17, 15) is 0 Å². The van der Waals surface area contributed by atoms with Crippen LogP contribution in [-0.2, 0) is 4.74 Å². The lowest BCUT2D eigenvalue weighted by atomic mass is 9.88. The lowest BCUT2D eigenvalue weighted by molar-refractivity contribution is -0.00336. The average Bonchev–Trinajstić information content (AvgIpc) is 2.79. The van der Waals surface area contributed by atoms with E-state index in [1.807, 2.05) is 0 Å². The van der Waals surface area contributed by atoms with Gasteiger partial charge < -0.3 is 4.74 Å². The monoisotopic (exact) mass is 450 g/mol. The van der Waals surface area contributed by atoms with E-state index in [0.29, 0.717) is 12.0 Å². The number of hydrogen-bond donors (Lipinski definition) is 0. The van der Waals surface area contributed by atoms with Crippen molar-refractivity contribution in [2.75, 3.05) is 7.11 Å². The van der Waals surface area contributed by atoms with Crippen molar-refractivity contribution in [2.45, 2.75) is 174 Å². The predicted molar refractivity (Wildman–Crippen MR) is 140 cm³/mol. The third-order valence-electron chi connectivity index (χ3n) is 7.72. The van der Waals surface area contributed by atoms with Crippen LogP contribution in [0.25, 0.3) is 0 Å². The zero-order valence-electron chi connectivity index (χ0n) is 22.5. The minimum Gasteiger partial charge on any atom is -0.356 e. The molecular formula is C29H58N2O. The molecule has 1 fully saturated rings. The van der Waals surface area contributed by atoms with Gasteiger partial charge in [0.25, 0.3) is 0 Å². The van der Waals surface area contributed by atoms with Crippen molar-refractivity contribution in [3.05, 3.63) is 0 Å². The van der Waals surface area contributed by atoms with Gasteiger partial charge >= 0.3 is 0 Å². The van der Waals surface area contributed by atoms with Gasteiger partial charge in [-0.15, -0.1) is 0 Å². The molecule has 0 radical (unpaired) electrons. The molecule has 0 aromatic rings. The van der Waals surface area contributed by atoms with Crippen LogP contribution in [0, 0.1) is 5.92 Å². The molecule has 1 aliphatic carbocycles. The highest BCUT2D eigenvalue weighted by atomic mass is 16.5. The minimum atomic E-state index is -0.445. The van der Waals surface area contributed by atoms with Gasteiger partial charge in [0.2, 0.25) is 0 Å². The molecule has 1 aliphatic rings. The standard InChI is InChI=1S/C29H58N2O/c1-5-6-7-8-9-10-14-17-20-23-26-29(3,32-4)31-30-27(2)28-24-21-18-15-12-11-13-16-19-22-25-28/h27-28H,5-26H2,1-4H3. The molecule has 0 spiro atoms. The molecule has 2 atom stereocenters. The van der Waals surface area contributed by atoms with Gasteiger partial charge in [0.05, 0.1) is 6.04 Å². The van der Waals surface area contributed by atoms with Gasteiger partial charge in [-0.3, -0.25) is 0 Å². The molecule has 3 heteroatoms. The van der Waals surface area contributed by atoms with E-state index >= 15 is 0 Å². The molecular weight excluding hydrogens is 392 g/mol. The predicted octanol–water partition coefficient (Wildman–Crippen LogP) is 10.4. The van der Waals surface area contributed by atoms with Crippen molar-refractivity contribution in [3.8, 4) is 0 Å². The van der Waals surface area contributed by atoms with Crippen molar-refractivity contribution in [3.63, 3.8) is 0 Å². The van der Waals surface area contributed by atoms with Crippen LogP contribution in [0.3, 0.4) is 0 Å². The van der Waals surface area contributed by atoms with Crippen LogP contribution in [0.5, 0.6) is 0 Å². The Morgan fingerprint density at radius 3 is 1.62 bits per heavy atom. The maximum atomic E-state index is 5.81. The van der Waals surface area contributed by atoms with Gasteiger partial charge in [-0.05, 0) is 45.4 Å². The quantitative estimate of drug-likeness (QED) is 0.180. The first-order valence-electron chi connectivity index (χ1n) is 14.6. The van der Waals surface area contributed by atoms with Gasteiger partial charge in [0, 0.05) is 7.11 Å². The van der Waals surface area contributed by atoms with Crippen molar-refractivity contribution in [2.24, 2.45) is 16.1 Å². The third-order valence-corrected chi connectivity index (χ3v) is 7.72. The molecule has 0 amide bonds. The summed E-state index contributed by atoms with van der Waals surface area (Å²) in [6.45, 7) is 6.70. The van der Waals surface area contributed by atoms with E-state index in [2.05, 4.69) is 20.8 Å². The molecule has 0 aromatic carbocycles. The summed E-state index contributed by atoms with van der Waals surface area (Å²) in [4.78, 5) is 0. The summed E-state index contributed by atoms with van der Waals surface area (Å²) in [6, 6.07) is 0.320. The molecule has 0 aromatic heterocycles. The SMILES string of the molecule is CCCCCCCCCCCCC(C)(N=NC(C)C1CCCCCCCCCCC1)OC. The number of rotatable bonds is 15. The summed E-state index contributed by atoms with van der Waals surface area (Å²) in [6.07, 6.45) is 30.0. The smallest absolute Gasteiger partial charge is 0.175 e. The summed E-state index contributed by atoms with van der Waals surface area (Å²) in [5.74, 6) is 0.691. The van der Waals surface area contributed by atoms with Crippen LogP contribution in [-0.4, -0.2) is 18.9 Å². The number of methoxy groups -OCH3 is 1. The maximum Gasteiger partial charge on any atom is 0.175 e. The summed E-state index contributed by atoms with van der Waals surface area (Å²) in [5, 5.41) is 9.58. The number of unbranched alkanes of at least 4 members (excludes halogenated alkanes) is 9. The number of hydrogen-bond acceptors (Lipinski definition) is 3. The Kier molecular flexibility index (Phi) is 18.5. The second-order valence-electron chi connectivity index (χ2n) is 10.8. The number of ether oxygens (including phenoxy) is 1. The van der Waals surface area contributed by atoms with E-state index in [-0.39, 0.29) is 0 Å². The summed E-state index contributed by atoms with van der Waals surface area (Å²) in [5.41, 5.74) is -0.445. The first-order chi connectivity index (χ1) is 15.6. The van der Waals surface area contributed by atoms with E-state index in [0.717, 1.165) is 6.42 Å². The number of nitrogens with zero attached hydrogens (tertiary/aromatic N) is 2. The van der Waals surface area contributed by atoms with Gasteiger partial charge in [-0.1, -0.05) is 122 Å². The molecule has 0 bridgehead atoms. The van der Waals surface area contributed by atoms with Crippen LogP contribution in [0.15, 0.2) is 10.2 Å². The molecule has 1 rings (SSSR count). The second-order valence-corrected chi connectivity index (χ2v) is 10.8. The average molecular weight is 451 g/mol. The van der Waals surface area contributed by atoms with E-state index < -0.39 is 5.72 Å². The fraction of sp³-hybridized carbons (Fsp3) is 1.00. The Hall–Kier alpha value is -0.440. The normalized spacial score (nSPS) is 20.5. The molecule has 0 N–H and O–H groups in total. The van der Waals surface area contributed by atoms with E-state index in [1.165, 1.54) is 135 Å². The summed E-state index contributed by atoms with van der Waals surface area (Å²) < 4.78 is 5.81. The van der Waals surface area contributed by atoms with Gasteiger partial charge in [0.1, 0.15) is 0 Å². The van der Waals surface area contributed by atoms with E-state index in [4.69, 9.17) is 15.0 Å². The van der Waals surface area contributed by atoms with Crippen LogP contribution >= 0.6 is 0 Å². The molecule has 1 saturated carbocycles. The van der Waals surface area contributed by atoms with Crippen LogP contribution in [0.4, 0.5) is 0 Å². The highest BCUT2D eigenvalue weighted by molar-refractivity contribution is 4.75. The Morgan fingerprint density at radius 2 is 1.16 bits per heavy atom. The second kappa shape index (κ2) is 20.0. The first-order valence-corrected chi connectivity index (χ1v) is 14.6. The Morgan fingerprint density at radius 1 is 0.719 bits per heavy atom. The fourth-order valence-electron chi connectivity index (χ4n) is 5.12. The van der Waals surface area contributed by atoms with Gasteiger partial charge in [0.15, 0.2) is 5.72 Å². The van der Waals surface area contributed by atoms with Crippen molar-refractivity contribution < 1.29 is 4.74 Å². The van der Waals surface area contributed by atoms with Gasteiger partial charge in [-0.25, -0.2) is 0 Å². The first kappa shape index (κ1) is 29.6. The molecule has 32 heavy (non-hydrogen) atoms. The molecule has 2 unspecified atom stereocenters. The van der Waals surface area contributed by atoms with Crippen molar-refractivity contribution in [1.82, 2.24) is 0 Å². The molecule has 190 valence electrons. The van der Waals surface area contributed by atoms with Gasteiger partial charge in [-0.2, -0.15) is 10.2 Å². The third kappa shape index (κ3) is 15.4. The Balaban J connectivity index is 2.31. The zero-order chi connectivity index (χ0) is 23.3. The lowest BCUT2D eigenvalue weighted by Crippen LogP contribution is -2.25. The largest absolute Gasteiger partial charge is 0.356 e. The molecule has 0 aliphatic heterocycles. The minimum absolute atomic E-state index is 0.320. The molecule has 0 saturated heterocycles. The van der Waals surface area contributed by atoms with Crippen molar-refractivity contribution in [1.29, 1.82) is 0 Å². The zero-order valence-corrected chi connectivity index (χ0v) is 22.5. The summed E-state index contributed by atoms with van der Waals surface area (Å²) in [7, 11) is 1.80.